The van der Waals surface area contributed by atoms with E-state index in [-0.39, 0.29) is 48.7 Å². The Balaban J connectivity index is 1.16. The number of pyridine rings is 1. The van der Waals surface area contributed by atoms with E-state index in [1.165, 1.54) is 6.07 Å². The van der Waals surface area contributed by atoms with Crippen LogP contribution in [0, 0.1) is 12.8 Å². The van der Waals surface area contributed by atoms with Crippen LogP contribution in [0.1, 0.15) is 66.6 Å². The fourth-order valence-electron chi connectivity index (χ4n) is 6.48. The third kappa shape index (κ3) is 7.63. The zero-order valence-corrected chi connectivity index (χ0v) is 24.5. The lowest BCUT2D eigenvalue weighted by Crippen LogP contribution is -2.50. The second-order valence-electron chi connectivity index (χ2n) is 11.8. The lowest BCUT2D eigenvalue weighted by molar-refractivity contribution is -0.138. The van der Waals surface area contributed by atoms with Crippen molar-refractivity contribution in [2.45, 2.75) is 89.2 Å². The number of hydrogen-bond donors (Lipinski definition) is 1. The summed E-state index contributed by atoms with van der Waals surface area (Å²) in [6.07, 6.45) is 0.640. The smallest absolute Gasteiger partial charge is 0.418 e. The number of carbonyl (C=O) groups is 1. The van der Waals surface area contributed by atoms with Gasteiger partial charge in [-0.2, -0.15) is 13.2 Å². The molecule has 2 aliphatic heterocycles. The highest BCUT2D eigenvalue weighted by atomic mass is 19.4. The molecule has 230 valence electrons. The van der Waals surface area contributed by atoms with E-state index in [0.717, 1.165) is 37.0 Å². The molecule has 5 rings (SSSR count). The van der Waals surface area contributed by atoms with E-state index in [1.54, 1.807) is 12.0 Å². The van der Waals surface area contributed by atoms with E-state index in [2.05, 4.69) is 10.3 Å². The Morgan fingerprint density at radius 1 is 1.19 bits per heavy atom. The highest BCUT2D eigenvalue weighted by Crippen LogP contribution is 2.36. The summed E-state index contributed by atoms with van der Waals surface area (Å²) < 4.78 is 59.0. The van der Waals surface area contributed by atoms with Gasteiger partial charge >= 0.3 is 6.18 Å². The third-order valence-electron chi connectivity index (χ3n) is 8.77. The molecule has 1 saturated heterocycles. The number of fused-ring (bicyclic) bond motifs is 1. The van der Waals surface area contributed by atoms with Crippen LogP contribution in [0.25, 0.3) is 0 Å². The first kappa shape index (κ1) is 30.8. The Hall–Kier alpha value is -2.69. The van der Waals surface area contributed by atoms with Crippen molar-refractivity contribution in [3.05, 3.63) is 58.4 Å². The van der Waals surface area contributed by atoms with Crippen LogP contribution in [0.15, 0.2) is 30.3 Å². The fraction of sp³-hybridized carbons (Fsp3) is 0.625. The lowest BCUT2D eigenvalue weighted by Gasteiger charge is -2.33. The number of methoxy groups -OCH3 is 1. The Bertz CT molecular complexity index is 1220. The molecule has 2 fully saturated rings. The maximum atomic E-state index is 14.1. The van der Waals surface area contributed by atoms with Gasteiger partial charge in [0.2, 0.25) is 5.91 Å². The van der Waals surface area contributed by atoms with Gasteiger partial charge in [0.15, 0.2) is 0 Å². The number of amides is 1. The number of alkyl halides is 3. The van der Waals surface area contributed by atoms with E-state index in [4.69, 9.17) is 14.2 Å². The number of unbranched alkanes of at least 4 members (excludes halogenated alkanes) is 1. The van der Waals surface area contributed by atoms with Gasteiger partial charge in [-0.3, -0.25) is 9.78 Å². The standard InChI is InChI=1S/C32H42F3N3O4/c1-21-6-5-7-25(16-21)42-14-4-3-8-28-26(32(33,34)35)18-23-19-38(13-11-27(23)37-28)31(39)22-9-10-24(17-22)36-29-12-15-41-20-30(29)40-2/h5-7,16,18,22,24,29-30,36H,3-4,8-15,17,19-20H2,1-2H3. The molecule has 4 atom stereocenters. The second kappa shape index (κ2) is 13.7. The minimum atomic E-state index is -4.50. The molecule has 0 radical (unpaired) electrons. The number of aryl methyl sites for hydroxylation is 2. The second-order valence-corrected chi connectivity index (χ2v) is 11.8. The number of halogens is 3. The van der Waals surface area contributed by atoms with Gasteiger partial charge in [-0.1, -0.05) is 12.1 Å². The zero-order chi connectivity index (χ0) is 29.7. The van der Waals surface area contributed by atoms with Crippen molar-refractivity contribution < 1.29 is 32.2 Å². The van der Waals surface area contributed by atoms with E-state index in [9.17, 15) is 18.0 Å². The minimum Gasteiger partial charge on any atom is -0.494 e. The largest absolute Gasteiger partial charge is 0.494 e. The molecule has 3 aliphatic rings. The molecule has 1 aliphatic carbocycles. The van der Waals surface area contributed by atoms with Crippen LogP contribution in [0.4, 0.5) is 13.2 Å². The first-order valence-corrected chi connectivity index (χ1v) is 15.1. The Morgan fingerprint density at radius 2 is 2.05 bits per heavy atom. The van der Waals surface area contributed by atoms with E-state index in [0.29, 0.717) is 56.9 Å². The number of aromatic nitrogens is 1. The van der Waals surface area contributed by atoms with Gasteiger partial charge < -0.3 is 24.4 Å². The Kier molecular flexibility index (Phi) is 10.1. The summed E-state index contributed by atoms with van der Waals surface area (Å²) in [6.45, 7) is 4.33. The molecule has 0 bridgehead atoms. The summed E-state index contributed by atoms with van der Waals surface area (Å²) in [6, 6.07) is 9.37. The highest BCUT2D eigenvalue weighted by Gasteiger charge is 2.38. The third-order valence-corrected chi connectivity index (χ3v) is 8.77. The van der Waals surface area contributed by atoms with Crippen molar-refractivity contribution in [1.29, 1.82) is 0 Å². The Morgan fingerprint density at radius 3 is 2.83 bits per heavy atom. The van der Waals surface area contributed by atoms with Gasteiger partial charge in [0.1, 0.15) is 5.75 Å². The quantitative estimate of drug-likeness (QED) is 0.382. The maximum Gasteiger partial charge on any atom is 0.418 e. The van der Waals surface area contributed by atoms with Crippen molar-refractivity contribution >= 4 is 5.91 Å². The molecule has 1 amide bonds. The number of nitrogens with one attached hydrogen (secondary N) is 1. The van der Waals surface area contributed by atoms with Crippen LogP contribution < -0.4 is 10.1 Å². The van der Waals surface area contributed by atoms with Crippen molar-refractivity contribution in [3.63, 3.8) is 0 Å². The van der Waals surface area contributed by atoms with Crippen LogP contribution in [-0.2, 0) is 39.8 Å². The molecule has 10 heteroatoms. The SMILES string of the molecule is COC1COCCC1NC1CCC(C(=O)N2CCc3nc(CCCCOc4cccc(C)c4)c(C(F)(F)F)cc3C2)C1. The van der Waals surface area contributed by atoms with E-state index in [1.807, 2.05) is 31.2 Å². The summed E-state index contributed by atoms with van der Waals surface area (Å²) in [5.41, 5.74) is 1.67. The normalized spacial score (nSPS) is 24.5. The molecule has 3 heterocycles. The highest BCUT2D eigenvalue weighted by molar-refractivity contribution is 5.79. The maximum absolute atomic E-state index is 14.1. The molecule has 1 aromatic carbocycles. The fourth-order valence-corrected chi connectivity index (χ4v) is 6.48. The molecule has 4 unspecified atom stereocenters. The van der Waals surface area contributed by atoms with Crippen LogP contribution in [0.2, 0.25) is 0 Å². The van der Waals surface area contributed by atoms with Crippen molar-refractivity contribution in [3.8, 4) is 5.75 Å². The van der Waals surface area contributed by atoms with Gasteiger partial charge in [0.05, 0.1) is 30.6 Å². The van der Waals surface area contributed by atoms with Crippen LogP contribution in [0.3, 0.4) is 0 Å². The topological polar surface area (TPSA) is 72.9 Å². The zero-order valence-electron chi connectivity index (χ0n) is 24.5. The summed E-state index contributed by atoms with van der Waals surface area (Å²) in [4.78, 5) is 19.7. The van der Waals surface area contributed by atoms with E-state index < -0.39 is 11.7 Å². The number of ether oxygens (including phenoxy) is 3. The molecule has 2 aromatic rings. The summed E-state index contributed by atoms with van der Waals surface area (Å²) in [5, 5.41) is 3.67. The predicted octanol–water partition coefficient (Wildman–Crippen LogP) is 5.26. The number of rotatable bonds is 10. The average molecular weight is 590 g/mol. The minimum absolute atomic E-state index is 0.000677. The summed E-state index contributed by atoms with van der Waals surface area (Å²) in [7, 11) is 1.69. The molecule has 0 spiro atoms. The molecule has 1 saturated carbocycles. The summed E-state index contributed by atoms with van der Waals surface area (Å²) in [5.74, 6) is 0.674. The number of hydrogen-bond acceptors (Lipinski definition) is 6. The molecule has 7 nitrogen and oxygen atoms in total. The molecule has 42 heavy (non-hydrogen) atoms. The van der Waals surface area contributed by atoms with Gasteiger partial charge in [0, 0.05) is 56.9 Å². The molecular formula is C32H42F3N3O4. The van der Waals surface area contributed by atoms with Crippen LogP contribution >= 0.6 is 0 Å². The van der Waals surface area contributed by atoms with Crippen LogP contribution in [0.5, 0.6) is 5.75 Å². The summed E-state index contributed by atoms with van der Waals surface area (Å²) >= 11 is 0. The molecular weight excluding hydrogens is 547 g/mol. The molecule has 1 N–H and O–H groups in total. The van der Waals surface area contributed by atoms with E-state index >= 15 is 0 Å². The first-order valence-electron chi connectivity index (χ1n) is 15.1. The number of carbonyl (C=O) groups excluding carboxylic acids is 1. The van der Waals surface area contributed by atoms with Crippen molar-refractivity contribution in [1.82, 2.24) is 15.2 Å². The van der Waals surface area contributed by atoms with Gasteiger partial charge in [-0.05, 0) is 81.2 Å². The predicted molar refractivity (Wildman–Crippen MR) is 152 cm³/mol. The van der Waals surface area contributed by atoms with Crippen molar-refractivity contribution in [2.75, 3.05) is 33.5 Å². The Labute approximate surface area is 246 Å². The van der Waals surface area contributed by atoms with Crippen molar-refractivity contribution in [2.24, 2.45) is 5.92 Å². The van der Waals surface area contributed by atoms with Gasteiger partial charge in [-0.15, -0.1) is 0 Å². The number of nitrogens with zero attached hydrogens (tertiary/aromatic N) is 2. The number of benzene rings is 1. The monoisotopic (exact) mass is 589 g/mol. The van der Waals surface area contributed by atoms with Gasteiger partial charge in [0.25, 0.3) is 0 Å². The van der Waals surface area contributed by atoms with Crippen LogP contribution in [-0.4, -0.2) is 67.5 Å². The van der Waals surface area contributed by atoms with Gasteiger partial charge in [-0.25, -0.2) is 0 Å². The first-order chi connectivity index (χ1) is 20.2. The molecule has 1 aromatic heterocycles. The average Bonchev–Trinajstić information content (AvgIpc) is 3.44. The lowest BCUT2D eigenvalue weighted by atomic mass is 9.97.